The van der Waals surface area contributed by atoms with Gasteiger partial charge >= 0.3 is 5.97 Å². The number of hydrogen-bond acceptors (Lipinski definition) is 6. The van der Waals surface area contributed by atoms with Crippen molar-refractivity contribution in [3.63, 3.8) is 0 Å². The fraction of sp³-hybridized carbons (Fsp3) is 0.700. The van der Waals surface area contributed by atoms with Crippen LogP contribution >= 0.6 is 36.6 Å². The third-order valence-electron chi connectivity index (χ3n) is 2.47. The fourth-order valence-corrected chi connectivity index (χ4v) is 2.56. The summed E-state index contributed by atoms with van der Waals surface area (Å²) in [6, 6.07) is 5.64. The summed E-state index contributed by atoms with van der Waals surface area (Å²) in [6.45, 7) is 11.9. The number of aliphatic hydroxyl groups is 1. The van der Waals surface area contributed by atoms with Gasteiger partial charge < -0.3 is 14.8 Å². The van der Waals surface area contributed by atoms with Crippen molar-refractivity contribution >= 4 is 42.6 Å². The molecule has 160 valence electrons. The Balaban J connectivity index is -0.000000394. The van der Waals surface area contributed by atoms with E-state index in [4.69, 9.17) is 22.1 Å². The summed E-state index contributed by atoms with van der Waals surface area (Å²) >= 11 is 10.5. The molecule has 0 aliphatic carbocycles. The molecule has 7 heteroatoms. The summed E-state index contributed by atoms with van der Waals surface area (Å²) in [4.78, 5) is 14.2. The van der Waals surface area contributed by atoms with Gasteiger partial charge in [-0.05, 0) is 31.7 Å². The number of carbonyl (C=O) groups excluding carboxylic acids is 1. The number of pyridine rings is 1. The predicted molar refractivity (Wildman–Crippen MR) is 127 cm³/mol. The Morgan fingerprint density at radius 1 is 1.30 bits per heavy atom. The molecule has 1 aromatic heterocycles. The van der Waals surface area contributed by atoms with Gasteiger partial charge in [0.15, 0.2) is 0 Å². The van der Waals surface area contributed by atoms with Crippen LogP contribution in [0, 0.1) is 4.64 Å². The summed E-state index contributed by atoms with van der Waals surface area (Å²) < 4.78 is 6.01. The number of aromatic nitrogens is 1. The first-order chi connectivity index (χ1) is 12.8. The standard InChI is InChI=1S/C10H20O3S2.C5H5NS.C3H8.C2H6/c1-10(2,4-5-11)13-9(12)3-7-15-8-6-14;7-5-3-1-2-4-6-5;1-3-2;1-2/h11,14H,3-8H2,1-2H3;1-4H,(H,6,7);3H2,1-2H3;1-2H3. The zero-order chi connectivity index (χ0) is 21.6. The molecule has 2 N–H and O–H groups in total. The number of hydrogen-bond donors (Lipinski definition) is 3. The molecular formula is C20H39NO3S3. The largest absolute Gasteiger partial charge is 0.460 e. The van der Waals surface area contributed by atoms with Gasteiger partial charge in [0.1, 0.15) is 10.2 Å². The number of thiol groups is 1. The van der Waals surface area contributed by atoms with Crippen LogP contribution in [0.25, 0.3) is 0 Å². The molecule has 1 aromatic rings. The molecule has 0 spiro atoms. The highest BCUT2D eigenvalue weighted by Gasteiger charge is 2.21. The first-order valence-electron chi connectivity index (χ1n) is 9.47. The molecule has 1 heterocycles. The highest BCUT2D eigenvalue weighted by molar-refractivity contribution is 8.00. The zero-order valence-electron chi connectivity index (χ0n) is 17.8. The van der Waals surface area contributed by atoms with E-state index in [9.17, 15) is 4.79 Å². The summed E-state index contributed by atoms with van der Waals surface area (Å²) in [7, 11) is 0. The lowest BCUT2D eigenvalue weighted by Gasteiger charge is -2.24. The lowest BCUT2D eigenvalue weighted by molar-refractivity contribution is -0.157. The molecule has 0 aromatic carbocycles. The summed E-state index contributed by atoms with van der Waals surface area (Å²) in [6.07, 6.45) is 3.96. The lowest BCUT2D eigenvalue weighted by Crippen LogP contribution is -2.29. The molecule has 0 aliphatic rings. The number of aliphatic hydroxyl groups excluding tert-OH is 1. The number of ether oxygens (including phenoxy) is 1. The third kappa shape index (κ3) is 27.8. The normalized spacial score (nSPS) is 9.48. The topological polar surface area (TPSA) is 62.3 Å². The number of aromatic amines is 1. The van der Waals surface area contributed by atoms with Crippen molar-refractivity contribution in [2.24, 2.45) is 0 Å². The second-order valence-corrected chi connectivity index (χ2v) is 7.84. The number of esters is 1. The highest BCUT2D eigenvalue weighted by Crippen LogP contribution is 2.15. The van der Waals surface area contributed by atoms with Gasteiger partial charge in [-0.15, -0.1) is 0 Å². The monoisotopic (exact) mass is 437 g/mol. The van der Waals surface area contributed by atoms with Gasteiger partial charge in [0.25, 0.3) is 0 Å². The number of rotatable bonds is 8. The van der Waals surface area contributed by atoms with Crippen molar-refractivity contribution in [1.29, 1.82) is 0 Å². The van der Waals surface area contributed by atoms with Crippen LogP contribution in [0.15, 0.2) is 24.4 Å². The maximum Gasteiger partial charge on any atom is 0.307 e. The smallest absolute Gasteiger partial charge is 0.307 e. The zero-order valence-corrected chi connectivity index (χ0v) is 20.3. The molecule has 0 aliphatic heterocycles. The van der Waals surface area contributed by atoms with Gasteiger partial charge in [-0.25, -0.2) is 0 Å². The number of thioether (sulfide) groups is 1. The van der Waals surface area contributed by atoms with Crippen molar-refractivity contribution in [1.82, 2.24) is 4.98 Å². The van der Waals surface area contributed by atoms with E-state index in [1.807, 2.05) is 52.1 Å². The summed E-state index contributed by atoms with van der Waals surface area (Å²) in [5.74, 6) is 2.36. The lowest BCUT2D eigenvalue weighted by atomic mass is 10.1. The second kappa shape index (κ2) is 23.5. The molecule has 27 heavy (non-hydrogen) atoms. The summed E-state index contributed by atoms with van der Waals surface area (Å²) in [5, 5.41) is 8.76. The van der Waals surface area contributed by atoms with Crippen molar-refractivity contribution in [3.8, 4) is 0 Å². The van der Waals surface area contributed by atoms with E-state index in [2.05, 4.69) is 31.5 Å². The molecule has 0 bridgehead atoms. The molecule has 0 amide bonds. The van der Waals surface area contributed by atoms with E-state index in [1.54, 1.807) is 11.8 Å². The van der Waals surface area contributed by atoms with Gasteiger partial charge in [0.05, 0.1) is 6.42 Å². The van der Waals surface area contributed by atoms with Crippen LogP contribution < -0.4 is 0 Å². The Hall–Kier alpha value is -0.500. The minimum Gasteiger partial charge on any atom is -0.460 e. The molecule has 0 radical (unpaired) electrons. The van der Waals surface area contributed by atoms with Crippen LogP contribution in [-0.2, 0) is 9.53 Å². The van der Waals surface area contributed by atoms with Gasteiger partial charge in [-0.3, -0.25) is 4.79 Å². The molecular weight excluding hydrogens is 398 g/mol. The first-order valence-corrected chi connectivity index (χ1v) is 11.7. The van der Waals surface area contributed by atoms with Crippen molar-refractivity contribution in [3.05, 3.63) is 29.0 Å². The van der Waals surface area contributed by atoms with Crippen LogP contribution in [0.3, 0.4) is 0 Å². The summed E-state index contributed by atoms with van der Waals surface area (Å²) in [5.41, 5.74) is -0.556. The van der Waals surface area contributed by atoms with Crippen LogP contribution in [0.2, 0.25) is 0 Å². The fourth-order valence-electron chi connectivity index (χ4n) is 1.38. The van der Waals surface area contributed by atoms with Crippen LogP contribution in [0.5, 0.6) is 0 Å². The average molecular weight is 438 g/mol. The number of H-pyrrole nitrogens is 1. The van der Waals surface area contributed by atoms with Gasteiger partial charge in [0, 0.05) is 30.7 Å². The highest BCUT2D eigenvalue weighted by atomic mass is 32.2. The maximum absolute atomic E-state index is 11.4. The molecule has 0 saturated carbocycles. The van der Waals surface area contributed by atoms with Crippen LogP contribution in [-0.4, -0.2) is 45.5 Å². The molecule has 1 rings (SSSR count). The Labute approximate surface area is 181 Å². The number of carbonyl (C=O) groups is 1. The Morgan fingerprint density at radius 2 is 1.89 bits per heavy atom. The maximum atomic E-state index is 11.4. The van der Waals surface area contributed by atoms with Crippen LogP contribution in [0.4, 0.5) is 0 Å². The van der Waals surface area contributed by atoms with Gasteiger partial charge in [-0.1, -0.05) is 52.4 Å². The minimum absolute atomic E-state index is 0.0364. The van der Waals surface area contributed by atoms with Crippen molar-refractivity contribution in [2.75, 3.05) is 23.9 Å². The van der Waals surface area contributed by atoms with E-state index >= 15 is 0 Å². The molecule has 0 unspecified atom stereocenters. The van der Waals surface area contributed by atoms with E-state index < -0.39 is 5.60 Å². The third-order valence-corrected chi connectivity index (χ3v) is 4.24. The second-order valence-electron chi connectivity index (χ2n) is 5.73. The first kappa shape index (κ1) is 31.2. The Kier molecular flexibility index (Phi) is 27.2. The predicted octanol–water partition coefficient (Wildman–Crippen LogP) is 5.93. The van der Waals surface area contributed by atoms with E-state index in [-0.39, 0.29) is 12.6 Å². The molecule has 0 atom stereocenters. The van der Waals surface area contributed by atoms with E-state index in [0.717, 1.165) is 21.9 Å². The number of nitrogens with one attached hydrogen (secondary N) is 1. The minimum atomic E-state index is -0.556. The van der Waals surface area contributed by atoms with Gasteiger partial charge in [0.2, 0.25) is 0 Å². The Morgan fingerprint density at radius 3 is 2.26 bits per heavy atom. The van der Waals surface area contributed by atoms with Gasteiger partial charge in [-0.2, -0.15) is 24.4 Å². The van der Waals surface area contributed by atoms with Crippen LogP contribution in [0.1, 0.15) is 60.8 Å². The Bertz CT molecular complexity index is 462. The SMILES string of the molecule is CC.CC(C)(CCO)OC(=O)CCSCCS.CCC.S=c1cccc[nH]1. The average Bonchev–Trinajstić information content (AvgIpc) is 2.62. The quantitative estimate of drug-likeness (QED) is 0.204. The van der Waals surface area contributed by atoms with Crippen molar-refractivity contribution < 1.29 is 14.6 Å². The molecule has 0 fully saturated rings. The van der Waals surface area contributed by atoms with E-state index in [0.29, 0.717) is 12.8 Å². The molecule has 0 saturated heterocycles. The van der Waals surface area contributed by atoms with Crippen molar-refractivity contribution in [2.45, 2.75) is 66.4 Å². The van der Waals surface area contributed by atoms with E-state index in [1.165, 1.54) is 6.42 Å². The molecule has 4 nitrogen and oxygen atoms in total.